The van der Waals surface area contributed by atoms with Gasteiger partial charge in [0.15, 0.2) is 0 Å². The molecule has 0 spiro atoms. The van der Waals surface area contributed by atoms with Gasteiger partial charge in [0.2, 0.25) is 5.91 Å². The Labute approximate surface area is 181 Å². The van der Waals surface area contributed by atoms with Gasteiger partial charge in [-0.1, -0.05) is 19.4 Å². The van der Waals surface area contributed by atoms with Crippen LogP contribution in [-0.4, -0.2) is 45.9 Å². The molecule has 3 rings (SSSR count). The van der Waals surface area contributed by atoms with Crippen molar-refractivity contribution in [3.63, 3.8) is 0 Å². The maximum Gasteiger partial charge on any atom is 0.418 e. The second-order valence-electron chi connectivity index (χ2n) is 9.01. The number of hydrogen-bond donors (Lipinski definition) is 2. The first-order valence-electron chi connectivity index (χ1n) is 11.2. The minimum Gasteiger partial charge on any atom is -0.353 e. The number of hydrogen-bond acceptors (Lipinski definition) is 3. The molecule has 2 N–H and O–H groups in total. The summed E-state index contributed by atoms with van der Waals surface area (Å²) < 4.78 is 39.6. The van der Waals surface area contributed by atoms with Gasteiger partial charge in [0, 0.05) is 18.1 Å². The van der Waals surface area contributed by atoms with E-state index in [0.717, 1.165) is 38.2 Å². The lowest BCUT2D eigenvalue weighted by Gasteiger charge is -2.41. The van der Waals surface area contributed by atoms with E-state index in [1.165, 1.54) is 6.07 Å². The molecule has 8 heteroatoms. The second-order valence-corrected chi connectivity index (χ2v) is 9.01. The van der Waals surface area contributed by atoms with E-state index in [9.17, 15) is 18.0 Å². The molecule has 0 saturated heterocycles. The minimum atomic E-state index is -4.48. The van der Waals surface area contributed by atoms with Crippen molar-refractivity contribution in [2.75, 3.05) is 7.05 Å². The Kier molecular flexibility index (Phi) is 7.29. The van der Waals surface area contributed by atoms with E-state index in [4.69, 9.17) is 0 Å². The van der Waals surface area contributed by atoms with Crippen LogP contribution in [0.2, 0.25) is 0 Å². The van der Waals surface area contributed by atoms with Crippen LogP contribution in [0, 0.1) is 5.92 Å². The van der Waals surface area contributed by atoms with Crippen molar-refractivity contribution >= 4 is 16.9 Å². The molecule has 172 valence electrons. The number of para-hydroxylation sites is 1. The number of benzene rings is 1. The van der Waals surface area contributed by atoms with E-state index >= 15 is 0 Å². The summed E-state index contributed by atoms with van der Waals surface area (Å²) in [5.74, 6) is 0.459. The monoisotopic (exact) mass is 438 g/mol. The summed E-state index contributed by atoms with van der Waals surface area (Å²) in [6, 6.07) is 4.99. The first-order chi connectivity index (χ1) is 14.6. The largest absolute Gasteiger partial charge is 0.418 e. The normalized spacial score (nSPS) is 22.4. The molecule has 5 nitrogen and oxygen atoms in total. The van der Waals surface area contributed by atoms with Crippen molar-refractivity contribution in [1.29, 1.82) is 0 Å². The highest BCUT2D eigenvalue weighted by Crippen LogP contribution is 2.34. The summed E-state index contributed by atoms with van der Waals surface area (Å²) in [6.07, 6.45) is 0.550. The average molecular weight is 439 g/mol. The van der Waals surface area contributed by atoms with Crippen molar-refractivity contribution in [1.82, 2.24) is 20.2 Å². The van der Waals surface area contributed by atoms with Crippen LogP contribution in [0.25, 0.3) is 11.0 Å². The first-order valence-corrected chi connectivity index (χ1v) is 11.2. The number of aromatic amines is 1. The zero-order valence-electron chi connectivity index (χ0n) is 18.7. The Balaban J connectivity index is 1.67. The summed E-state index contributed by atoms with van der Waals surface area (Å²) in [5.41, 5.74) is -0.638. The number of aromatic nitrogens is 2. The molecule has 0 bridgehead atoms. The molecule has 0 unspecified atom stereocenters. The lowest BCUT2D eigenvalue weighted by molar-refractivity contribution is -0.136. The number of amides is 1. The molecule has 0 aliphatic heterocycles. The van der Waals surface area contributed by atoms with Crippen LogP contribution in [0.3, 0.4) is 0 Å². The van der Waals surface area contributed by atoms with Crippen molar-refractivity contribution in [3.05, 3.63) is 29.6 Å². The van der Waals surface area contributed by atoms with Crippen LogP contribution in [0.15, 0.2) is 18.2 Å². The predicted octanol–water partition coefficient (Wildman–Crippen LogP) is 4.92. The minimum absolute atomic E-state index is 0.0589. The smallest absolute Gasteiger partial charge is 0.353 e. The molecule has 1 fully saturated rings. The number of halogens is 3. The fourth-order valence-corrected chi connectivity index (χ4v) is 4.72. The third-order valence-electron chi connectivity index (χ3n) is 6.55. The Morgan fingerprint density at radius 1 is 1.32 bits per heavy atom. The van der Waals surface area contributed by atoms with E-state index in [0.29, 0.717) is 23.5 Å². The van der Waals surface area contributed by atoms with Gasteiger partial charge >= 0.3 is 6.18 Å². The number of nitrogens with zero attached hydrogens (tertiary/aromatic N) is 2. The predicted molar refractivity (Wildman–Crippen MR) is 116 cm³/mol. The fraction of sp³-hybridized carbons (Fsp3) is 0.652. The zero-order valence-corrected chi connectivity index (χ0v) is 18.7. The van der Waals surface area contributed by atoms with Gasteiger partial charge in [0.05, 0.1) is 17.5 Å². The van der Waals surface area contributed by atoms with Gasteiger partial charge in [-0.15, -0.1) is 0 Å². The second kappa shape index (κ2) is 9.59. The number of fused-ring (bicyclic) bond motifs is 1. The maximum atomic E-state index is 13.2. The topological polar surface area (TPSA) is 61.0 Å². The zero-order chi connectivity index (χ0) is 22.8. The van der Waals surface area contributed by atoms with Crippen molar-refractivity contribution in [3.8, 4) is 0 Å². The standard InChI is InChI=1S/C23H33F3N4O/c1-5-7-15-12-16(30(4)14(2)3)10-11-18(15)28-21(31)13-20-27-19-9-6-8-17(22(19)29-20)23(24,25)26/h6,8-9,14-16,18H,5,7,10-13H2,1-4H3,(H,27,29)(H,28,31)/t15-,16-,18-/m0/s1. The average Bonchev–Trinajstić information content (AvgIpc) is 3.10. The third-order valence-corrected chi connectivity index (χ3v) is 6.55. The number of carbonyl (C=O) groups excluding carboxylic acids is 1. The lowest BCUT2D eigenvalue weighted by Crippen LogP contribution is -2.49. The number of carbonyl (C=O) groups is 1. The Bertz CT molecular complexity index is 893. The maximum absolute atomic E-state index is 13.2. The summed E-state index contributed by atoms with van der Waals surface area (Å²) in [5, 5.41) is 3.14. The highest BCUT2D eigenvalue weighted by atomic mass is 19.4. The Morgan fingerprint density at radius 2 is 2.06 bits per heavy atom. The summed E-state index contributed by atoms with van der Waals surface area (Å²) in [4.78, 5) is 22.1. The van der Waals surface area contributed by atoms with Gasteiger partial charge in [-0.05, 0) is 64.6 Å². The van der Waals surface area contributed by atoms with Crippen LogP contribution in [0.1, 0.15) is 64.3 Å². The number of imidazole rings is 1. The number of H-pyrrole nitrogens is 1. The highest BCUT2D eigenvalue weighted by molar-refractivity contribution is 5.82. The van der Waals surface area contributed by atoms with Crippen LogP contribution in [-0.2, 0) is 17.4 Å². The molecule has 1 heterocycles. The van der Waals surface area contributed by atoms with Crippen LogP contribution < -0.4 is 5.32 Å². The van der Waals surface area contributed by atoms with Gasteiger partial charge in [-0.2, -0.15) is 13.2 Å². The SMILES string of the molecule is CCC[C@H]1C[C@@H](N(C)C(C)C)CC[C@@H]1NC(=O)Cc1nc2c(C(F)(F)F)cccc2[nH]1. The van der Waals surface area contributed by atoms with E-state index in [-0.39, 0.29) is 29.7 Å². The Hall–Kier alpha value is -2.09. The molecule has 1 aliphatic carbocycles. The molecule has 1 aliphatic rings. The van der Waals surface area contributed by atoms with Gasteiger partial charge in [0.1, 0.15) is 11.3 Å². The van der Waals surface area contributed by atoms with Crippen LogP contribution >= 0.6 is 0 Å². The lowest BCUT2D eigenvalue weighted by atomic mass is 9.78. The quantitative estimate of drug-likeness (QED) is 0.645. The van der Waals surface area contributed by atoms with E-state index < -0.39 is 11.7 Å². The Morgan fingerprint density at radius 3 is 2.71 bits per heavy atom. The molecule has 3 atom stereocenters. The van der Waals surface area contributed by atoms with Crippen molar-refractivity contribution in [2.45, 2.75) is 83.6 Å². The molecule has 1 aromatic heterocycles. The number of nitrogens with one attached hydrogen (secondary N) is 2. The summed E-state index contributed by atoms with van der Waals surface area (Å²) in [6.45, 7) is 6.54. The van der Waals surface area contributed by atoms with Gasteiger partial charge in [0.25, 0.3) is 0 Å². The summed E-state index contributed by atoms with van der Waals surface area (Å²) in [7, 11) is 2.16. The molecule has 1 aromatic carbocycles. The molecular formula is C23H33F3N4O. The number of rotatable bonds is 7. The molecule has 0 radical (unpaired) electrons. The third kappa shape index (κ3) is 5.59. The van der Waals surface area contributed by atoms with E-state index in [2.05, 4.69) is 48.0 Å². The molecule has 31 heavy (non-hydrogen) atoms. The number of alkyl halides is 3. The van der Waals surface area contributed by atoms with Gasteiger partial charge in [-0.3, -0.25) is 4.79 Å². The molecule has 1 amide bonds. The first kappa shape index (κ1) is 23.6. The van der Waals surface area contributed by atoms with Gasteiger partial charge < -0.3 is 15.2 Å². The van der Waals surface area contributed by atoms with E-state index in [1.807, 2.05) is 0 Å². The molecule has 2 aromatic rings. The molecule has 1 saturated carbocycles. The van der Waals surface area contributed by atoms with Crippen LogP contribution in [0.4, 0.5) is 13.2 Å². The summed E-state index contributed by atoms with van der Waals surface area (Å²) >= 11 is 0. The van der Waals surface area contributed by atoms with Crippen molar-refractivity contribution in [2.24, 2.45) is 5.92 Å². The van der Waals surface area contributed by atoms with Crippen LogP contribution in [0.5, 0.6) is 0 Å². The van der Waals surface area contributed by atoms with Crippen molar-refractivity contribution < 1.29 is 18.0 Å². The van der Waals surface area contributed by atoms with E-state index in [1.54, 1.807) is 6.07 Å². The highest BCUT2D eigenvalue weighted by Gasteiger charge is 2.35. The fourth-order valence-electron chi connectivity index (χ4n) is 4.72. The molecular weight excluding hydrogens is 405 g/mol. The van der Waals surface area contributed by atoms with Gasteiger partial charge in [-0.25, -0.2) is 4.98 Å².